The van der Waals surface area contributed by atoms with Crippen molar-refractivity contribution in [1.29, 1.82) is 0 Å². The Labute approximate surface area is 172 Å². The molecule has 10 nitrogen and oxygen atoms in total. The van der Waals surface area contributed by atoms with Gasteiger partial charge in [0.25, 0.3) is 5.91 Å². The van der Waals surface area contributed by atoms with Crippen molar-refractivity contribution in [2.45, 2.75) is 18.7 Å². The second-order valence-corrected chi connectivity index (χ2v) is 6.91. The number of methoxy groups -OCH3 is 2. The standard InChI is InChI=1S/C20H20N4O6/c1-29-17-6-13-14(7-16(17)25)24(20(27)28)19(30-2)15-5-11(3-4-23(15)18(13)26)12-8-21-10-22-9-12/h3,6-10,15,19,25H,4-5H2,1-2H3,(H,27,28)/t15-,19?/m0/s1. The fraction of sp³-hybridized carbons (Fsp3) is 0.300. The number of phenols is 1. The van der Waals surface area contributed by atoms with E-state index >= 15 is 0 Å². The Balaban J connectivity index is 1.85. The fourth-order valence-corrected chi connectivity index (χ4v) is 3.98. The number of amides is 2. The average molecular weight is 412 g/mol. The van der Waals surface area contributed by atoms with Gasteiger partial charge in [-0.1, -0.05) is 6.08 Å². The summed E-state index contributed by atoms with van der Waals surface area (Å²) in [5.41, 5.74) is 1.83. The summed E-state index contributed by atoms with van der Waals surface area (Å²) in [4.78, 5) is 36.2. The van der Waals surface area contributed by atoms with Crippen molar-refractivity contribution in [2.75, 3.05) is 25.7 Å². The molecule has 0 saturated carbocycles. The van der Waals surface area contributed by atoms with Crippen LogP contribution in [-0.2, 0) is 4.74 Å². The highest BCUT2D eigenvalue weighted by Crippen LogP contribution is 2.41. The highest BCUT2D eigenvalue weighted by atomic mass is 16.5. The number of hydrogen-bond acceptors (Lipinski definition) is 7. The van der Waals surface area contributed by atoms with Gasteiger partial charge in [0.15, 0.2) is 17.7 Å². The van der Waals surface area contributed by atoms with Gasteiger partial charge in [0.05, 0.1) is 24.4 Å². The Bertz CT molecular complexity index is 1030. The molecule has 0 fully saturated rings. The van der Waals surface area contributed by atoms with Gasteiger partial charge in [0.1, 0.15) is 6.33 Å². The predicted molar refractivity (Wildman–Crippen MR) is 105 cm³/mol. The first-order chi connectivity index (χ1) is 14.5. The van der Waals surface area contributed by atoms with E-state index in [2.05, 4.69) is 9.97 Å². The minimum atomic E-state index is -1.30. The number of aromatic nitrogens is 2. The largest absolute Gasteiger partial charge is 0.504 e. The predicted octanol–water partition coefficient (Wildman–Crippen LogP) is 1.96. The van der Waals surface area contributed by atoms with Gasteiger partial charge in [-0.25, -0.2) is 19.7 Å². The van der Waals surface area contributed by atoms with Gasteiger partial charge >= 0.3 is 6.09 Å². The van der Waals surface area contributed by atoms with Crippen molar-refractivity contribution in [3.63, 3.8) is 0 Å². The van der Waals surface area contributed by atoms with E-state index in [1.165, 1.54) is 32.7 Å². The minimum absolute atomic E-state index is 0.0386. The van der Waals surface area contributed by atoms with E-state index in [4.69, 9.17) is 9.47 Å². The highest BCUT2D eigenvalue weighted by Gasteiger charge is 2.45. The summed E-state index contributed by atoms with van der Waals surface area (Å²) < 4.78 is 10.7. The summed E-state index contributed by atoms with van der Waals surface area (Å²) in [6.07, 6.45) is 4.71. The molecule has 0 saturated heterocycles. The second kappa shape index (κ2) is 7.64. The molecule has 2 amide bonds. The molecular formula is C20H20N4O6. The number of phenolic OH excluding ortho intramolecular Hbond substituents is 1. The van der Waals surface area contributed by atoms with Crippen LogP contribution in [-0.4, -0.2) is 70.1 Å². The SMILES string of the molecule is COc1cc2c(cc1O)N(C(=O)O)C(OC)[C@@H]1CC(c3cncnc3)=CCN1C2=O. The maximum Gasteiger partial charge on any atom is 0.414 e. The highest BCUT2D eigenvalue weighted by molar-refractivity contribution is 6.06. The fourth-order valence-electron chi connectivity index (χ4n) is 3.98. The molecule has 0 spiro atoms. The number of carboxylic acid groups (broad SMARTS) is 1. The van der Waals surface area contributed by atoms with Gasteiger partial charge in [-0.05, 0) is 18.1 Å². The quantitative estimate of drug-likeness (QED) is 0.784. The molecule has 4 rings (SSSR count). The van der Waals surface area contributed by atoms with Crippen LogP contribution in [0.2, 0.25) is 0 Å². The van der Waals surface area contributed by atoms with Gasteiger partial charge in [-0.15, -0.1) is 0 Å². The van der Waals surface area contributed by atoms with E-state index in [9.17, 15) is 19.8 Å². The van der Waals surface area contributed by atoms with E-state index < -0.39 is 18.4 Å². The molecule has 2 atom stereocenters. The van der Waals surface area contributed by atoms with E-state index in [0.717, 1.165) is 16.0 Å². The van der Waals surface area contributed by atoms with Crippen LogP contribution in [0.15, 0.2) is 36.9 Å². The number of aromatic hydroxyl groups is 1. The van der Waals surface area contributed by atoms with Crippen molar-refractivity contribution in [3.05, 3.63) is 48.1 Å². The number of ether oxygens (including phenoxy) is 2. The zero-order chi connectivity index (χ0) is 21.4. The number of carbonyl (C=O) groups excluding carboxylic acids is 1. The lowest BCUT2D eigenvalue weighted by Gasteiger charge is -2.39. The molecule has 0 radical (unpaired) electrons. The molecule has 2 aliphatic heterocycles. The smallest absolute Gasteiger partial charge is 0.414 e. The summed E-state index contributed by atoms with van der Waals surface area (Å²) in [6, 6.07) is 1.96. The van der Waals surface area contributed by atoms with Crippen LogP contribution in [0.4, 0.5) is 10.5 Å². The van der Waals surface area contributed by atoms with Crippen molar-refractivity contribution in [3.8, 4) is 11.5 Å². The van der Waals surface area contributed by atoms with E-state index in [-0.39, 0.29) is 35.2 Å². The third-order valence-electron chi connectivity index (χ3n) is 5.37. The van der Waals surface area contributed by atoms with E-state index in [1.54, 1.807) is 17.3 Å². The molecule has 2 aliphatic rings. The maximum absolute atomic E-state index is 13.4. The molecule has 1 aromatic heterocycles. The topological polar surface area (TPSA) is 125 Å². The molecular weight excluding hydrogens is 392 g/mol. The second-order valence-electron chi connectivity index (χ2n) is 6.91. The van der Waals surface area contributed by atoms with Crippen molar-refractivity contribution in [1.82, 2.24) is 14.9 Å². The minimum Gasteiger partial charge on any atom is -0.504 e. The van der Waals surface area contributed by atoms with Crippen molar-refractivity contribution in [2.24, 2.45) is 0 Å². The lowest BCUT2D eigenvalue weighted by molar-refractivity contribution is 0.0191. The normalized spacial score (nSPS) is 20.7. The molecule has 0 bridgehead atoms. The van der Waals surface area contributed by atoms with Gasteiger partial charge in [0.2, 0.25) is 0 Å². The number of fused-ring (bicyclic) bond motifs is 2. The number of benzene rings is 1. The Kier molecular flexibility index (Phi) is 5.00. The van der Waals surface area contributed by atoms with Gasteiger partial charge in [-0.3, -0.25) is 4.79 Å². The van der Waals surface area contributed by atoms with Crippen LogP contribution >= 0.6 is 0 Å². The van der Waals surface area contributed by atoms with Crippen molar-refractivity contribution < 1.29 is 29.3 Å². The lowest BCUT2D eigenvalue weighted by Crippen LogP contribution is -2.55. The van der Waals surface area contributed by atoms with E-state index in [1.807, 2.05) is 6.08 Å². The summed E-state index contributed by atoms with van der Waals surface area (Å²) >= 11 is 0. The molecule has 0 aliphatic carbocycles. The zero-order valence-corrected chi connectivity index (χ0v) is 16.3. The van der Waals surface area contributed by atoms with Crippen LogP contribution in [0.1, 0.15) is 22.3 Å². The lowest BCUT2D eigenvalue weighted by atomic mass is 9.94. The van der Waals surface area contributed by atoms with E-state index in [0.29, 0.717) is 6.42 Å². The Morgan fingerprint density at radius 3 is 2.60 bits per heavy atom. The Morgan fingerprint density at radius 2 is 1.97 bits per heavy atom. The van der Waals surface area contributed by atoms with Crippen LogP contribution in [0, 0.1) is 0 Å². The molecule has 2 N–H and O–H groups in total. The first-order valence-electron chi connectivity index (χ1n) is 9.17. The summed E-state index contributed by atoms with van der Waals surface area (Å²) in [7, 11) is 2.75. The first kappa shape index (κ1) is 19.6. The van der Waals surface area contributed by atoms with Crippen molar-refractivity contribution >= 4 is 23.3 Å². The number of rotatable bonds is 3. The van der Waals surface area contributed by atoms with Crippen LogP contribution in [0.3, 0.4) is 0 Å². The van der Waals surface area contributed by atoms with Crippen LogP contribution in [0.5, 0.6) is 11.5 Å². The molecule has 1 aromatic carbocycles. The number of carbonyl (C=O) groups is 2. The number of anilines is 1. The zero-order valence-electron chi connectivity index (χ0n) is 16.3. The summed E-state index contributed by atoms with van der Waals surface area (Å²) in [5.74, 6) is -0.571. The van der Waals surface area contributed by atoms with Crippen LogP contribution < -0.4 is 9.64 Å². The molecule has 10 heteroatoms. The molecule has 3 heterocycles. The third-order valence-corrected chi connectivity index (χ3v) is 5.37. The molecule has 1 unspecified atom stereocenters. The number of hydrogen-bond donors (Lipinski definition) is 2. The average Bonchev–Trinajstić information content (AvgIpc) is 2.86. The first-order valence-corrected chi connectivity index (χ1v) is 9.17. The van der Waals surface area contributed by atoms with Gasteiger partial charge in [0, 0.05) is 37.7 Å². The maximum atomic E-state index is 13.4. The van der Waals surface area contributed by atoms with Gasteiger partial charge < -0.3 is 24.6 Å². The monoisotopic (exact) mass is 412 g/mol. The molecule has 156 valence electrons. The summed E-state index contributed by atoms with van der Waals surface area (Å²) in [6.45, 7) is 0.254. The summed E-state index contributed by atoms with van der Waals surface area (Å²) in [5, 5.41) is 20.2. The van der Waals surface area contributed by atoms with Gasteiger partial charge in [-0.2, -0.15) is 0 Å². The Hall–Kier alpha value is -3.66. The molecule has 30 heavy (non-hydrogen) atoms. The van der Waals surface area contributed by atoms with Crippen LogP contribution in [0.25, 0.3) is 5.57 Å². The third kappa shape index (κ3) is 3.11. The number of nitrogens with zero attached hydrogens (tertiary/aromatic N) is 4. The molecule has 2 aromatic rings. The Morgan fingerprint density at radius 1 is 1.23 bits per heavy atom.